The van der Waals surface area contributed by atoms with Gasteiger partial charge in [0.05, 0.1) is 0 Å². The Hall–Kier alpha value is -0.570. The van der Waals surface area contributed by atoms with Gasteiger partial charge < -0.3 is 10.2 Å². The van der Waals surface area contributed by atoms with Gasteiger partial charge in [0.25, 0.3) is 0 Å². The molecule has 1 heterocycles. The van der Waals surface area contributed by atoms with Gasteiger partial charge in [-0.3, -0.25) is 4.79 Å². The Morgan fingerprint density at radius 3 is 2.67 bits per heavy atom. The van der Waals surface area contributed by atoms with Gasteiger partial charge in [0.2, 0.25) is 5.91 Å². The largest absolute Gasteiger partial charge is 0.338 e. The minimum absolute atomic E-state index is 0.155. The molecule has 1 aliphatic heterocycles. The number of rotatable bonds is 4. The second-order valence-corrected chi connectivity index (χ2v) is 4.92. The van der Waals surface area contributed by atoms with Gasteiger partial charge in [-0.15, -0.1) is 0 Å². The second kappa shape index (κ2) is 5.50. The topological polar surface area (TPSA) is 32.3 Å². The first kappa shape index (κ1) is 12.5. The highest BCUT2D eigenvalue weighted by Gasteiger charge is 2.31. The zero-order chi connectivity index (χ0) is 11.4. The Kier molecular flexibility index (Phi) is 4.58. The number of likely N-dealkylation sites (tertiary alicyclic amines) is 1. The van der Waals surface area contributed by atoms with Gasteiger partial charge >= 0.3 is 0 Å². The molecule has 0 aromatic rings. The van der Waals surface area contributed by atoms with Crippen LogP contribution in [0.5, 0.6) is 0 Å². The maximum absolute atomic E-state index is 12.2. The fraction of sp³-hybridized carbons (Fsp3) is 0.917. The fourth-order valence-electron chi connectivity index (χ4n) is 2.12. The maximum atomic E-state index is 12.2. The number of likely N-dealkylation sites (N-methyl/N-ethyl adjacent to an activating group) is 1. The molecule has 2 atom stereocenters. The van der Waals surface area contributed by atoms with Gasteiger partial charge in [0.15, 0.2) is 0 Å². The normalized spacial score (nSPS) is 23.5. The smallest absolute Gasteiger partial charge is 0.225 e. The minimum atomic E-state index is 0.155. The first-order valence-electron chi connectivity index (χ1n) is 6.03. The highest BCUT2D eigenvalue weighted by Crippen LogP contribution is 2.22. The molecule has 3 nitrogen and oxygen atoms in total. The van der Waals surface area contributed by atoms with Crippen LogP contribution < -0.4 is 5.32 Å². The lowest BCUT2D eigenvalue weighted by molar-refractivity contribution is -0.137. The zero-order valence-corrected chi connectivity index (χ0v) is 10.4. The molecule has 0 aromatic carbocycles. The van der Waals surface area contributed by atoms with Crippen LogP contribution in [0.4, 0.5) is 0 Å². The number of hydrogen-bond donors (Lipinski definition) is 1. The van der Waals surface area contributed by atoms with Crippen LogP contribution in [0.1, 0.15) is 33.6 Å². The third kappa shape index (κ3) is 2.94. The summed E-state index contributed by atoms with van der Waals surface area (Å²) in [7, 11) is 1.95. The zero-order valence-electron chi connectivity index (χ0n) is 10.4. The lowest BCUT2D eigenvalue weighted by Gasteiger charge is -2.28. The predicted molar refractivity (Wildman–Crippen MR) is 62.7 cm³/mol. The molecule has 3 heteroatoms. The SMILES string of the molecule is CNCC1CCCN1C(=O)C(C)C(C)C. The summed E-state index contributed by atoms with van der Waals surface area (Å²) in [4.78, 5) is 14.2. The van der Waals surface area contributed by atoms with Crippen LogP contribution in [0.15, 0.2) is 0 Å². The van der Waals surface area contributed by atoms with Gasteiger partial charge in [0, 0.05) is 25.0 Å². The van der Waals surface area contributed by atoms with Crippen LogP contribution >= 0.6 is 0 Å². The molecular weight excluding hydrogens is 188 g/mol. The van der Waals surface area contributed by atoms with Crippen molar-refractivity contribution in [1.29, 1.82) is 0 Å². The summed E-state index contributed by atoms with van der Waals surface area (Å²) in [5.74, 6) is 0.929. The Labute approximate surface area is 93.2 Å². The summed E-state index contributed by atoms with van der Waals surface area (Å²) < 4.78 is 0. The first-order valence-corrected chi connectivity index (χ1v) is 6.03. The van der Waals surface area contributed by atoms with E-state index in [0.29, 0.717) is 17.9 Å². The lowest BCUT2D eigenvalue weighted by atomic mass is 9.96. The Bertz CT molecular complexity index is 216. The van der Waals surface area contributed by atoms with E-state index in [1.54, 1.807) is 0 Å². The molecule has 0 radical (unpaired) electrons. The number of amides is 1. The van der Waals surface area contributed by atoms with Crippen molar-refractivity contribution in [1.82, 2.24) is 10.2 Å². The summed E-state index contributed by atoms with van der Waals surface area (Å²) in [5, 5.41) is 3.17. The van der Waals surface area contributed by atoms with E-state index in [9.17, 15) is 4.79 Å². The average Bonchev–Trinajstić information content (AvgIpc) is 2.64. The van der Waals surface area contributed by atoms with Crippen molar-refractivity contribution in [3.8, 4) is 0 Å². The number of hydrogen-bond acceptors (Lipinski definition) is 2. The molecule has 0 saturated carbocycles. The van der Waals surface area contributed by atoms with Crippen LogP contribution in [0, 0.1) is 11.8 Å². The molecule has 15 heavy (non-hydrogen) atoms. The summed E-state index contributed by atoms with van der Waals surface area (Å²) >= 11 is 0. The molecule has 1 fully saturated rings. The lowest BCUT2D eigenvalue weighted by Crippen LogP contribution is -2.44. The Morgan fingerprint density at radius 2 is 2.13 bits per heavy atom. The van der Waals surface area contributed by atoms with Crippen molar-refractivity contribution in [2.24, 2.45) is 11.8 Å². The molecule has 0 bridgehead atoms. The molecule has 2 unspecified atom stereocenters. The van der Waals surface area contributed by atoms with Crippen molar-refractivity contribution < 1.29 is 4.79 Å². The average molecular weight is 212 g/mol. The Balaban J connectivity index is 2.58. The predicted octanol–water partition coefficient (Wildman–Crippen LogP) is 1.49. The van der Waals surface area contributed by atoms with Crippen molar-refractivity contribution in [3.05, 3.63) is 0 Å². The van der Waals surface area contributed by atoms with Gasteiger partial charge in [-0.25, -0.2) is 0 Å². The molecule has 0 spiro atoms. The molecule has 0 aromatic heterocycles. The molecular formula is C12H24N2O. The molecule has 1 amide bonds. The van der Waals surface area contributed by atoms with Crippen LogP contribution in [0.25, 0.3) is 0 Å². The van der Waals surface area contributed by atoms with Gasteiger partial charge in [-0.1, -0.05) is 20.8 Å². The van der Waals surface area contributed by atoms with Crippen molar-refractivity contribution >= 4 is 5.91 Å². The van der Waals surface area contributed by atoms with E-state index in [2.05, 4.69) is 24.1 Å². The summed E-state index contributed by atoms with van der Waals surface area (Å²) in [6.07, 6.45) is 2.31. The van der Waals surface area contributed by atoms with E-state index < -0.39 is 0 Å². The number of carbonyl (C=O) groups is 1. The number of nitrogens with one attached hydrogen (secondary N) is 1. The number of nitrogens with zero attached hydrogens (tertiary/aromatic N) is 1. The molecule has 1 aliphatic rings. The molecule has 1 saturated heterocycles. The van der Waals surface area contributed by atoms with Gasteiger partial charge in [0.1, 0.15) is 0 Å². The molecule has 1 rings (SSSR count). The summed E-state index contributed by atoms with van der Waals surface area (Å²) in [6, 6.07) is 0.420. The van der Waals surface area contributed by atoms with Gasteiger partial charge in [-0.05, 0) is 25.8 Å². The van der Waals surface area contributed by atoms with E-state index in [0.717, 1.165) is 25.9 Å². The van der Waals surface area contributed by atoms with Crippen LogP contribution in [0.2, 0.25) is 0 Å². The van der Waals surface area contributed by atoms with E-state index in [4.69, 9.17) is 0 Å². The van der Waals surface area contributed by atoms with E-state index in [1.807, 2.05) is 14.0 Å². The monoisotopic (exact) mass is 212 g/mol. The summed E-state index contributed by atoms with van der Waals surface area (Å²) in [5.41, 5.74) is 0. The summed E-state index contributed by atoms with van der Waals surface area (Å²) in [6.45, 7) is 8.15. The standard InChI is InChI=1S/C12H24N2O/c1-9(2)10(3)12(15)14-7-5-6-11(14)8-13-4/h9-11,13H,5-8H2,1-4H3. The van der Waals surface area contributed by atoms with E-state index in [-0.39, 0.29) is 5.92 Å². The van der Waals surface area contributed by atoms with Crippen LogP contribution in [-0.2, 0) is 4.79 Å². The van der Waals surface area contributed by atoms with Crippen molar-refractivity contribution in [3.63, 3.8) is 0 Å². The first-order chi connectivity index (χ1) is 7.07. The highest BCUT2D eigenvalue weighted by atomic mass is 16.2. The van der Waals surface area contributed by atoms with E-state index >= 15 is 0 Å². The molecule has 1 N–H and O–H groups in total. The van der Waals surface area contributed by atoms with E-state index in [1.165, 1.54) is 0 Å². The second-order valence-electron chi connectivity index (χ2n) is 4.92. The number of carbonyl (C=O) groups excluding carboxylic acids is 1. The maximum Gasteiger partial charge on any atom is 0.225 e. The minimum Gasteiger partial charge on any atom is -0.338 e. The molecule has 88 valence electrons. The van der Waals surface area contributed by atoms with Crippen molar-refractivity contribution in [2.75, 3.05) is 20.1 Å². The van der Waals surface area contributed by atoms with Crippen molar-refractivity contribution in [2.45, 2.75) is 39.7 Å². The van der Waals surface area contributed by atoms with Crippen LogP contribution in [0.3, 0.4) is 0 Å². The van der Waals surface area contributed by atoms with Gasteiger partial charge in [-0.2, -0.15) is 0 Å². The van der Waals surface area contributed by atoms with Crippen LogP contribution in [-0.4, -0.2) is 37.0 Å². The highest BCUT2D eigenvalue weighted by molar-refractivity contribution is 5.79. The fourth-order valence-corrected chi connectivity index (χ4v) is 2.12. The molecule has 0 aliphatic carbocycles. The third-order valence-electron chi connectivity index (χ3n) is 3.49. The third-order valence-corrected chi connectivity index (χ3v) is 3.49. The Morgan fingerprint density at radius 1 is 1.47 bits per heavy atom. The quantitative estimate of drug-likeness (QED) is 0.765.